The zero-order valence-corrected chi connectivity index (χ0v) is 41.5. The topological polar surface area (TPSA) is 154 Å². The van der Waals surface area contributed by atoms with Crippen molar-refractivity contribution in [1.82, 2.24) is 45.0 Å². The van der Waals surface area contributed by atoms with Crippen LogP contribution in [0.5, 0.6) is 0 Å². The first-order valence-corrected chi connectivity index (χ1v) is 25.8. The molecule has 3 amide bonds. The lowest BCUT2D eigenvalue weighted by atomic mass is 9.84. The molecule has 4 saturated heterocycles. The van der Waals surface area contributed by atoms with Crippen molar-refractivity contribution in [2.45, 2.75) is 127 Å². The molecule has 5 aliphatic heterocycles. The number of pyridine rings is 1. The van der Waals surface area contributed by atoms with E-state index in [2.05, 4.69) is 20.6 Å². The van der Waals surface area contributed by atoms with Crippen LogP contribution < -0.4 is 10.7 Å². The summed E-state index contributed by atoms with van der Waals surface area (Å²) >= 11 is 1.35. The van der Waals surface area contributed by atoms with E-state index in [0.29, 0.717) is 102 Å². The summed E-state index contributed by atoms with van der Waals surface area (Å²) < 4.78 is 57.8. The molecule has 0 radical (unpaired) electrons. The summed E-state index contributed by atoms with van der Waals surface area (Å²) in [6, 6.07) is 6.45. The first kappa shape index (κ1) is 48.7. The van der Waals surface area contributed by atoms with Gasteiger partial charge in [0, 0.05) is 71.6 Å². The van der Waals surface area contributed by atoms with Crippen LogP contribution in [0.4, 0.5) is 13.2 Å². The molecule has 19 heteroatoms. The zero-order chi connectivity index (χ0) is 49.3. The third kappa shape index (κ3) is 9.84. The molecule has 1 unspecified atom stereocenters. The Kier molecular flexibility index (Phi) is 13.1. The number of thiazole rings is 1. The number of aromatic nitrogens is 3. The minimum absolute atomic E-state index is 0.0428. The van der Waals surface area contributed by atoms with E-state index >= 15 is 4.79 Å². The number of amides is 3. The summed E-state index contributed by atoms with van der Waals surface area (Å²) in [6.45, 7) is 9.98. The second-order valence-corrected chi connectivity index (χ2v) is 22.6. The average molecular weight is 988 g/mol. The van der Waals surface area contributed by atoms with Crippen molar-refractivity contribution in [3.05, 3.63) is 58.2 Å². The van der Waals surface area contributed by atoms with Crippen LogP contribution in [-0.2, 0) is 48.0 Å². The maximum atomic E-state index is 15.0. The fraction of sp³-hybridized carbons (Fsp3) is 0.608. The lowest BCUT2D eigenvalue weighted by molar-refractivity contribution is -0.198. The fourth-order valence-electron chi connectivity index (χ4n) is 11.6. The molecular formula is C51H64F3N9O6S. The highest BCUT2D eigenvalue weighted by molar-refractivity contribution is 7.10. The smallest absolute Gasteiger partial charge is 0.406 e. The quantitative estimate of drug-likeness (QED) is 0.159. The van der Waals surface area contributed by atoms with E-state index in [1.807, 2.05) is 62.1 Å². The summed E-state index contributed by atoms with van der Waals surface area (Å²) in [5.41, 5.74) is 5.89. The van der Waals surface area contributed by atoms with Gasteiger partial charge < -0.3 is 24.3 Å². The number of likely N-dealkylation sites (tertiary alicyclic amines) is 1. The van der Waals surface area contributed by atoms with E-state index < -0.39 is 53.7 Å². The van der Waals surface area contributed by atoms with Gasteiger partial charge in [0.05, 0.1) is 54.4 Å². The molecule has 15 nitrogen and oxygen atoms in total. The zero-order valence-electron chi connectivity index (χ0n) is 40.6. The van der Waals surface area contributed by atoms with E-state index in [4.69, 9.17) is 14.5 Å². The fourth-order valence-corrected chi connectivity index (χ4v) is 12.5. The van der Waals surface area contributed by atoms with E-state index in [9.17, 15) is 27.6 Å². The Labute approximate surface area is 410 Å². The van der Waals surface area contributed by atoms with Crippen molar-refractivity contribution in [3.8, 4) is 22.5 Å². The second-order valence-electron chi connectivity index (χ2n) is 21.6. The average Bonchev–Trinajstić information content (AvgIpc) is 3.63. The van der Waals surface area contributed by atoms with Gasteiger partial charge in [0.15, 0.2) is 0 Å². The summed E-state index contributed by atoms with van der Waals surface area (Å²) in [5.74, 6) is -1.11. The first-order chi connectivity index (χ1) is 33.4. The van der Waals surface area contributed by atoms with Crippen molar-refractivity contribution >= 4 is 45.9 Å². The SMILES string of the molecule is CC(C)c1ncccc1-c1c2c3cc(ccc3n1CC(F)(F)F)-c1csc(n1)C[C@H](NC(=O)[C@H](C1CCCC1)N1CCOC3(CN(C(=O)[C@H]4CN4C)C3)C1)C(=O)N1CCC[C@H](N1)C(=O)OCC(C)(C)C2. The molecule has 6 bridgehead atoms. The lowest BCUT2D eigenvalue weighted by Gasteiger charge is -2.55. The van der Waals surface area contributed by atoms with Crippen LogP contribution in [0.25, 0.3) is 33.4 Å². The van der Waals surface area contributed by atoms with E-state index in [1.165, 1.54) is 20.9 Å². The molecule has 1 aliphatic carbocycles. The van der Waals surface area contributed by atoms with Gasteiger partial charge in [-0.25, -0.2) is 10.4 Å². The number of halogens is 3. The molecule has 5 fully saturated rings. The van der Waals surface area contributed by atoms with Crippen molar-refractivity contribution < 1.29 is 41.8 Å². The van der Waals surface area contributed by atoms with E-state index in [-0.39, 0.29) is 49.1 Å². The van der Waals surface area contributed by atoms with Crippen LogP contribution in [-0.4, -0.2) is 153 Å². The molecule has 1 spiro atoms. The largest absolute Gasteiger partial charge is 0.464 e. The van der Waals surface area contributed by atoms with Gasteiger partial charge in [-0.1, -0.05) is 46.6 Å². The molecule has 3 aromatic heterocycles. The molecule has 8 heterocycles. The van der Waals surface area contributed by atoms with Crippen LogP contribution >= 0.6 is 11.3 Å². The van der Waals surface area contributed by atoms with Crippen LogP contribution in [0.1, 0.15) is 88.4 Å². The number of hydrazine groups is 1. The molecule has 10 rings (SSSR count). The van der Waals surface area contributed by atoms with Crippen LogP contribution in [0.15, 0.2) is 41.9 Å². The van der Waals surface area contributed by atoms with Crippen LogP contribution in [0.2, 0.25) is 0 Å². The van der Waals surface area contributed by atoms with Crippen molar-refractivity contribution in [3.63, 3.8) is 0 Å². The number of nitrogens with zero attached hydrogens (tertiary/aromatic N) is 7. The number of cyclic esters (lactones) is 1. The van der Waals surface area contributed by atoms with Gasteiger partial charge in [-0.15, -0.1) is 11.3 Å². The number of nitrogens with one attached hydrogen (secondary N) is 2. The number of carbonyl (C=O) groups is 4. The van der Waals surface area contributed by atoms with Gasteiger partial charge in [0.2, 0.25) is 11.8 Å². The summed E-state index contributed by atoms with van der Waals surface area (Å²) in [4.78, 5) is 72.7. The number of hydrogen-bond acceptors (Lipinski definition) is 12. The normalized spacial score (nSPS) is 25.7. The number of ether oxygens (including phenoxy) is 2. The Morgan fingerprint density at radius 1 is 1.04 bits per heavy atom. The van der Waals surface area contributed by atoms with Gasteiger partial charge >= 0.3 is 12.1 Å². The molecule has 2 N–H and O–H groups in total. The monoisotopic (exact) mass is 987 g/mol. The molecule has 70 heavy (non-hydrogen) atoms. The predicted molar refractivity (Wildman–Crippen MR) is 257 cm³/mol. The Morgan fingerprint density at radius 2 is 1.81 bits per heavy atom. The summed E-state index contributed by atoms with van der Waals surface area (Å²) in [7, 11) is 1.93. The number of carbonyl (C=O) groups excluding carboxylic acids is 4. The molecule has 376 valence electrons. The standard InChI is InChI=1S/C51H64F3N9O6S/c1-30(2)42-33(12-8-16-55-42)44-35-22-49(3,4)29-68-48(67)36-13-9-17-63(58-36)46(65)37(21-41-56-38(24-70-41)32-14-15-39(34(35)20-32)62(44)28-51(52,53)54)57-45(64)43(31-10-6-7-11-31)60-18-19-69-50(25-60)26-61(27-50)47(66)40-23-59(40)5/h8,12,14-16,20,24,30-31,36-37,40,43,58H,6-7,9-11,13,17-19,21-23,25-29H2,1-5H3,(H,57,64)/t36-,37-,40+,43-,59?/m0/s1. The van der Waals surface area contributed by atoms with Crippen LogP contribution in [0, 0.1) is 11.3 Å². The van der Waals surface area contributed by atoms with Crippen molar-refractivity contribution in [2.24, 2.45) is 11.3 Å². The molecule has 5 atom stereocenters. The third-order valence-electron chi connectivity index (χ3n) is 15.2. The Balaban J connectivity index is 1.00. The van der Waals surface area contributed by atoms with Gasteiger partial charge in [0.1, 0.15) is 30.3 Å². The lowest BCUT2D eigenvalue weighted by Crippen LogP contribution is -2.73. The minimum Gasteiger partial charge on any atom is -0.464 e. The number of likely N-dealkylation sites (N-methyl/N-ethyl adjacent to an activating group) is 1. The second kappa shape index (κ2) is 18.9. The minimum atomic E-state index is -4.54. The predicted octanol–water partition coefficient (Wildman–Crippen LogP) is 5.95. The highest BCUT2D eigenvalue weighted by Crippen LogP contribution is 2.43. The maximum Gasteiger partial charge on any atom is 0.406 e. The van der Waals surface area contributed by atoms with Gasteiger partial charge in [-0.2, -0.15) is 13.2 Å². The highest BCUT2D eigenvalue weighted by Gasteiger charge is 2.54. The number of fused-ring (bicyclic) bond motifs is 6. The highest BCUT2D eigenvalue weighted by atomic mass is 32.1. The summed E-state index contributed by atoms with van der Waals surface area (Å²) in [6.07, 6.45) is 2.11. The molecule has 6 aliphatic rings. The summed E-state index contributed by atoms with van der Waals surface area (Å²) in [5, 5.41) is 7.73. The number of rotatable bonds is 8. The van der Waals surface area contributed by atoms with E-state index in [1.54, 1.807) is 24.4 Å². The Morgan fingerprint density at radius 3 is 2.54 bits per heavy atom. The van der Waals surface area contributed by atoms with Gasteiger partial charge in [-0.05, 0) is 80.8 Å². The number of morpholine rings is 1. The number of benzene rings is 1. The number of esters is 1. The van der Waals surface area contributed by atoms with Gasteiger partial charge in [-0.3, -0.25) is 39.0 Å². The Bertz CT molecular complexity index is 2660. The van der Waals surface area contributed by atoms with Crippen molar-refractivity contribution in [2.75, 3.05) is 59.5 Å². The molecular weight excluding hydrogens is 924 g/mol. The number of hydrogen-bond donors (Lipinski definition) is 2. The van der Waals surface area contributed by atoms with Crippen molar-refractivity contribution in [1.29, 1.82) is 0 Å². The van der Waals surface area contributed by atoms with Crippen LogP contribution in [0.3, 0.4) is 0 Å². The third-order valence-corrected chi connectivity index (χ3v) is 16.1. The molecule has 4 aromatic rings. The van der Waals surface area contributed by atoms with Gasteiger partial charge in [0.25, 0.3) is 5.91 Å². The first-order valence-electron chi connectivity index (χ1n) is 24.9. The maximum absolute atomic E-state index is 15.0. The number of alkyl halides is 3. The Hall–Kier alpha value is -4.95. The molecule has 1 aromatic carbocycles. The molecule has 1 saturated carbocycles. The van der Waals surface area contributed by atoms with E-state index in [0.717, 1.165) is 32.2 Å².